The van der Waals surface area contributed by atoms with Crippen LogP contribution >= 0.6 is 22.7 Å². The second kappa shape index (κ2) is 21.7. The summed E-state index contributed by atoms with van der Waals surface area (Å²) in [6.45, 7) is 15.9. The zero-order valence-corrected chi connectivity index (χ0v) is 39.3. The number of nitrogens with zero attached hydrogens (tertiary/aromatic N) is 7. The minimum atomic E-state index is -1.26. The summed E-state index contributed by atoms with van der Waals surface area (Å²) in [7, 11) is 0.314. The van der Waals surface area contributed by atoms with Gasteiger partial charge in [-0.05, 0) is 101 Å². The Kier molecular flexibility index (Phi) is 16.8. The smallest absolute Gasteiger partial charge is 0.410 e. The first kappa shape index (κ1) is 47.8. The molecule has 1 amide bonds. The number of aliphatic hydroxyl groups excluding tert-OH is 1. The molecule has 2 N–H and O–H groups in total. The maximum Gasteiger partial charge on any atom is 0.410 e. The number of rotatable bonds is 19. The SMILES string of the molecule is Cc1cc(N(CCCCO)c2nc(C(=O)O)c(CCCOc3ccc(C#CCN(C)C(=O)OC(C)(C)C)cc3F)s2)nnc1N=c1sc2ccccc2n1COCC[Si](C)(C)C. The van der Waals surface area contributed by atoms with Crippen molar-refractivity contribution in [3.8, 4) is 17.6 Å². The van der Waals surface area contributed by atoms with Crippen molar-refractivity contribution in [1.82, 2.24) is 24.6 Å². The lowest BCUT2D eigenvalue weighted by molar-refractivity contribution is 0.0320. The number of benzene rings is 2. The fraction of sp³-hybridized carbons (Fsp3) is 0.455. The molecule has 3 heterocycles. The molecule has 2 aromatic carbocycles. The lowest BCUT2D eigenvalue weighted by Crippen LogP contribution is -2.34. The monoisotopic (exact) mass is 905 g/mol. The van der Waals surface area contributed by atoms with Crippen molar-refractivity contribution in [2.45, 2.75) is 91.4 Å². The summed E-state index contributed by atoms with van der Waals surface area (Å²) in [6.07, 6.45) is 1.32. The van der Waals surface area contributed by atoms with Gasteiger partial charge in [-0.25, -0.2) is 19.0 Å². The van der Waals surface area contributed by atoms with Gasteiger partial charge in [0.05, 0.1) is 23.4 Å². The van der Waals surface area contributed by atoms with Gasteiger partial charge in [0.15, 0.2) is 38.8 Å². The van der Waals surface area contributed by atoms with E-state index in [9.17, 15) is 24.2 Å². The van der Waals surface area contributed by atoms with Crippen molar-refractivity contribution in [2.75, 3.05) is 44.9 Å². The average Bonchev–Trinajstić information content (AvgIpc) is 3.78. The third-order valence-electron chi connectivity index (χ3n) is 9.13. The van der Waals surface area contributed by atoms with Crippen molar-refractivity contribution >= 4 is 69.8 Å². The number of para-hydroxylation sites is 1. The van der Waals surface area contributed by atoms with Gasteiger partial charge in [0.2, 0.25) is 0 Å². The van der Waals surface area contributed by atoms with Gasteiger partial charge in [0.25, 0.3) is 0 Å². The van der Waals surface area contributed by atoms with Crippen LogP contribution in [0.5, 0.6) is 5.75 Å². The molecule has 14 nitrogen and oxygen atoms in total. The zero-order chi connectivity index (χ0) is 45.0. The maximum atomic E-state index is 15.0. The number of aryl methyl sites for hydroxylation is 2. The topological polar surface area (TPSA) is 165 Å². The van der Waals surface area contributed by atoms with Crippen molar-refractivity contribution < 1.29 is 38.4 Å². The van der Waals surface area contributed by atoms with Crippen LogP contribution in [0.15, 0.2) is 53.5 Å². The molecular formula is C44H56FN7O7S2Si. The molecule has 18 heteroatoms. The first-order chi connectivity index (χ1) is 29.4. The molecule has 0 radical (unpaired) electrons. The Morgan fingerprint density at radius 1 is 1.03 bits per heavy atom. The third kappa shape index (κ3) is 13.9. The Bertz CT molecular complexity index is 2470. The molecule has 0 aliphatic heterocycles. The minimum Gasteiger partial charge on any atom is -0.491 e. The third-order valence-corrected chi connectivity index (χ3v) is 13.0. The number of amides is 1. The van der Waals surface area contributed by atoms with Gasteiger partial charge in [-0.1, -0.05) is 55.0 Å². The van der Waals surface area contributed by atoms with Crippen LogP contribution < -0.4 is 14.4 Å². The minimum absolute atomic E-state index is 0.00105. The van der Waals surface area contributed by atoms with Gasteiger partial charge < -0.3 is 34.2 Å². The van der Waals surface area contributed by atoms with E-state index in [1.165, 1.54) is 28.4 Å². The Morgan fingerprint density at radius 2 is 1.81 bits per heavy atom. The van der Waals surface area contributed by atoms with Gasteiger partial charge in [0, 0.05) is 45.3 Å². The highest BCUT2D eigenvalue weighted by Crippen LogP contribution is 2.34. The van der Waals surface area contributed by atoms with Gasteiger partial charge in [-0.15, -0.1) is 21.5 Å². The molecule has 5 aromatic rings. The number of hydrogen-bond donors (Lipinski definition) is 2. The summed E-state index contributed by atoms with van der Waals surface area (Å²) in [4.78, 5) is 38.4. The summed E-state index contributed by atoms with van der Waals surface area (Å²) in [5.74, 6) is 4.89. The molecule has 0 fully saturated rings. The number of unbranched alkanes of at least 4 members (excludes halogenated alkanes) is 1. The number of hydrogen-bond acceptors (Lipinski definition) is 13. The molecule has 332 valence electrons. The summed E-state index contributed by atoms with van der Waals surface area (Å²) in [5.41, 5.74) is 1.49. The van der Waals surface area contributed by atoms with Gasteiger partial charge in [0.1, 0.15) is 12.3 Å². The van der Waals surface area contributed by atoms with Crippen LogP contribution in [0, 0.1) is 24.6 Å². The normalized spacial score (nSPS) is 12.0. The van der Waals surface area contributed by atoms with Crippen LogP contribution in [0.1, 0.15) is 66.5 Å². The number of anilines is 2. The Hall–Kier alpha value is -5.19. The van der Waals surface area contributed by atoms with E-state index < -0.39 is 31.6 Å². The van der Waals surface area contributed by atoms with E-state index in [2.05, 4.69) is 63.4 Å². The Labute approximate surface area is 371 Å². The second-order valence-electron chi connectivity index (χ2n) is 16.8. The quantitative estimate of drug-likeness (QED) is 0.0462. The molecule has 0 unspecified atom stereocenters. The van der Waals surface area contributed by atoms with Crippen LogP contribution in [-0.2, 0) is 22.6 Å². The fourth-order valence-electron chi connectivity index (χ4n) is 5.82. The lowest BCUT2D eigenvalue weighted by Gasteiger charge is -2.23. The Balaban J connectivity index is 1.28. The highest BCUT2D eigenvalue weighted by Gasteiger charge is 2.24. The summed E-state index contributed by atoms with van der Waals surface area (Å²) >= 11 is 2.78. The molecule has 0 atom stereocenters. The zero-order valence-electron chi connectivity index (χ0n) is 36.7. The number of thiazole rings is 2. The number of carboxylic acids is 1. The number of aromatic carboxylic acids is 1. The van der Waals surface area contributed by atoms with Crippen LogP contribution in [0.2, 0.25) is 25.7 Å². The molecule has 0 saturated carbocycles. The first-order valence-corrected chi connectivity index (χ1v) is 25.8. The van der Waals surface area contributed by atoms with Gasteiger partial charge in [-0.3, -0.25) is 4.57 Å². The molecule has 0 saturated heterocycles. The predicted molar refractivity (Wildman–Crippen MR) is 244 cm³/mol. The largest absolute Gasteiger partial charge is 0.491 e. The summed E-state index contributed by atoms with van der Waals surface area (Å²) in [5, 5.41) is 29.2. The second-order valence-corrected chi connectivity index (χ2v) is 24.5. The number of fused-ring (bicyclic) bond motifs is 1. The molecule has 0 spiro atoms. The standard InChI is InChI=1S/C44H56FN7O7S2Si/c1-30-27-37(48-49-39(30)47-42-52(29-57-25-26-62(6,7)8)33-16-9-10-17-35(33)60-42)51(22-11-12-23-53)41-46-38(40(54)55)36(61-41)18-14-24-58-34-20-19-31(28-32(34)45)15-13-21-50(5)43(56)59-44(2,3)4/h9-10,16-17,19-20,27-28,53H,11-12,14,18,21-26,29H2,1-8H3,(H,54,55). The van der Waals surface area contributed by atoms with Crippen molar-refractivity contribution in [1.29, 1.82) is 0 Å². The number of halogens is 1. The fourth-order valence-corrected chi connectivity index (χ4v) is 8.72. The summed E-state index contributed by atoms with van der Waals surface area (Å²) in [6, 6.07) is 15.4. The number of ether oxygens (including phenoxy) is 3. The van der Waals surface area contributed by atoms with E-state index in [0.717, 1.165) is 26.6 Å². The van der Waals surface area contributed by atoms with Crippen molar-refractivity contribution in [2.24, 2.45) is 4.99 Å². The number of carboxylic acid groups (broad SMARTS) is 1. The highest BCUT2D eigenvalue weighted by molar-refractivity contribution is 7.16. The molecular weight excluding hydrogens is 850 g/mol. The molecule has 3 aromatic heterocycles. The lowest BCUT2D eigenvalue weighted by atomic mass is 10.2. The number of aromatic nitrogens is 4. The van der Waals surface area contributed by atoms with Crippen LogP contribution in [-0.4, -0.2) is 101 Å². The number of carbonyl (C=O) groups is 2. The van der Waals surface area contributed by atoms with E-state index in [0.29, 0.717) is 72.8 Å². The van der Waals surface area contributed by atoms with Gasteiger partial charge in [-0.2, -0.15) is 4.99 Å². The van der Waals surface area contributed by atoms with Crippen LogP contribution in [0.4, 0.5) is 26.0 Å². The van der Waals surface area contributed by atoms with Gasteiger partial charge >= 0.3 is 12.1 Å². The van der Waals surface area contributed by atoms with Crippen LogP contribution in [0.3, 0.4) is 0 Å². The molecule has 0 bridgehead atoms. The Morgan fingerprint density at radius 3 is 2.50 bits per heavy atom. The average molecular weight is 906 g/mol. The van der Waals surface area contributed by atoms with E-state index >= 15 is 0 Å². The highest BCUT2D eigenvalue weighted by atomic mass is 32.1. The number of aliphatic hydroxyl groups is 1. The van der Waals surface area contributed by atoms with Crippen molar-refractivity contribution in [3.05, 3.63) is 80.8 Å². The first-order valence-electron chi connectivity index (χ1n) is 20.4. The van der Waals surface area contributed by atoms with E-state index in [1.807, 2.05) is 30.0 Å². The molecule has 62 heavy (non-hydrogen) atoms. The maximum absolute atomic E-state index is 15.0. The molecule has 0 aliphatic rings. The number of carbonyl (C=O) groups excluding carboxylic acids is 1. The van der Waals surface area contributed by atoms with E-state index in [-0.39, 0.29) is 31.2 Å². The van der Waals surface area contributed by atoms with E-state index in [1.54, 1.807) is 45.2 Å². The summed E-state index contributed by atoms with van der Waals surface area (Å²) < 4.78 is 35.3. The predicted octanol–water partition coefficient (Wildman–Crippen LogP) is 8.78. The molecule has 0 aliphatic carbocycles. The van der Waals surface area contributed by atoms with Crippen LogP contribution in [0.25, 0.3) is 10.2 Å². The molecule has 5 rings (SSSR count). The van der Waals surface area contributed by atoms with Crippen molar-refractivity contribution in [3.63, 3.8) is 0 Å². The van der Waals surface area contributed by atoms with E-state index in [4.69, 9.17) is 19.2 Å².